The molecule has 1 fully saturated rings. The molecule has 1 unspecified atom stereocenters. The molecular weight excluding hydrogens is 138 g/mol. The highest BCUT2D eigenvalue weighted by Crippen LogP contribution is 2.33. The molecule has 1 aliphatic carbocycles. The third kappa shape index (κ3) is 2.34. The lowest BCUT2D eigenvalue weighted by Gasteiger charge is -2.02. The van der Waals surface area contributed by atoms with Gasteiger partial charge in [-0.3, -0.25) is 4.79 Å². The summed E-state index contributed by atoms with van der Waals surface area (Å²) >= 11 is 0. The Kier molecular flexibility index (Phi) is 2.64. The van der Waals surface area contributed by atoms with Gasteiger partial charge in [-0.1, -0.05) is 6.92 Å². The van der Waals surface area contributed by atoms with Gasteiger partial charge in [0.15, 0.2) is 0 Å². The van der Waals surface area contributed by atoms with Crippen molar-refractivity contribution in [2.24, 2.45) is 11.8 Å². The molecule has 0 aliphatic heterocycles. The van der Waals surface area contributed by atoms with Gasteiger partial charge in [0.1, 0.15) is 11.7 Å². The molecule has 1 aliphatic rings. The van der Waals surface area contributed by atoms with Gasteiger partial charge in [-0.25, -0.2) is 0 Å². The lowest BCUT2D eigenvalue weighted by atomic mass is 9.99. The largest absolute Gasteiger partial charge is 0.298 e. The summed E-state index contributed by atoms with van der Waals surface area (Å²) in [4.78, 5) is 11.2. The summed E-state index contributed by atoms with van der Waals surface area (Å²) in [5.41, 5.74) is 0. The van der Waals surface area contributed by atoms with Crippen LogP contribution < -0.4 is 0 Å². The molecule has 0 saturated heterocycles. The summed E-state index contributed by atoms with van der Waals surface area (Å²) in [5.74, 6) is 0.429. The summed E-state index contributed by atoms with van der Waals surface area (Å²) in [6, 6.07) is 2.04. The van der Waals surface area contributed by atoms with Crippen LogP contribution in [-0.4, -0.2) is 5.78 Å². The lowest BCUT2D eigenvalue weighted by Crippen LogP contribution is -2.11. The molecule has 60 valence electrons. The van der Waals surface area contributed by atoms with Crippen LogP contribution in [0.1, 0.15) is 32.6 Å². The van der Waals surface area contributed by atoms with E-state index in [4.69, 9.17) is 5.26 Å². The fourth-order valence-corrected chi connectivity index (χ4v) is 1.14. The fourth-order valence-electron chi connectivity index (χ4n) is 1.14. The van der Waals surface area contributed by atoms with Crippen molar-refractivity contribution < 1.29 is 4.79 Å². The predicted octanol–water partition coefficient (Wildman–Crippen LogP) is 1.91. The molecule has 2 nitrogen and oxygen atoms in total. The average Bonchev–Trinajstić information content (AvgIpc) is 2.74. The first-order chi connectivity index (χ1) is 5.27. The second-order valence-electron chi connectivity index (χ2n) is 3.20. The summed E-state index contributed by atoms with van der Waals surface area (Å²) in [6.07, 6.45) is 3.69. The maximum atomic E-state index is 11.2. The number of hydrogen-bond acceptors (Lipinski definition) is 2. The minimum Gasteiger partial charge on any atom is -0.298 e. The van der Waals surface area contributed by atoms with Gasteiger partial charge >= 0.3 is 0 Å². The number of carbonyl (C=O) groups is 1. The Balaban J connectivity index is 2.32. The first-order valence-corrected chi connectivity index (χ1v) is 4.20. The highest BCUT2D eigenvalue weighted by molar-refractivity contribution is 5.83. The van der Waals surface area contributed by atoms with E-state index in [-0.39, 0.29) is 11.7 Å². The smallest absolute Gasteiger partial charge is 0.150 e. The van der Waals surface area contributed by atoms with Crippen LogP contribution in [-0.2, 0) is 4.79 Å². The molecule has 0 N–H and O–H groups in total. The SMILES string of the molecule is CCC(C#N)C(=O)CC1CC1. The number of hydrogen-bond donors (Lipinski definition) is 0. The van der Waals surface area contributed by atoms with Gasteiger partial charge in [-0.05, 0) is 25.2 Å². The van der Waals surface area contributed by atoms with Crippen LogP contribution in [0.25, 0.3) is 0 Å². The van der Waals surface area contributed by atoms with Gasteiger partial charge in [0, 0.05) is 6.42 Å². The van der Waals surface area contributed by atoms with Crippen molar-refractivity contribution in [2.45, 2.75) is 32.6 Å². The van der Waals surface area contributed by atoms with Gasteiger partial charge in [-0.2, -0.15) is 5.26 Å². The third-order valence-corrected chi connectivity index (χ3v) is 2.14. The zero-order valence-electron chi connectivity index (χ0n) is 6.84. The second kappa shape index (κ2) is 3.52. The van der Waals surface area contributed by atoms with Crippen molar-refractivity contribution in [3.05, 3.63) is 0 Å². The first kappa shape index (κ1) is 8.26. The van der Waals surface area contributed by atoms with Gasteiger partial charge < -0.3 is 0 Å². The van der Waals surface area contributed by atoms with Crippen molar-refractivity contribution in [1.29, 1.82) is 5.26 Å². The summed E-state index contributed by atoms with van der Waals surface area (Å²) < 4.78 is 0. The molecule has 2 heteroatoms. The van der Waals surface area contributed by atoms with E-state index in [1.165, 1.54) is 12.8 Å². The van der Waals surface area contributed by atoms with Gasteiger partial charge in [0.05, 0.1) is 6.07 Å². The monoisotopic (exact) mass is 151 g/mol. The molecule has 0 amide bonds. The maximum absolute atomic E-state index is 11.2. The summed E-state index contributed by atoms with van der Waals surface area (Å²) in [7, 11) is 0. The van der Waals surface area contributed by atoms with E-state index in [9.17, 15) is 4.79 Å². The Morgan fingerprint density at radius 3 is 2.73 bits per heavy atom. The average molecular weight is 151 g/mol. The van der Waals surface area contributed by atoms with Crippen molar-refractivity contribution in [3.8, 4) is 6.07 Å². The Labute approximate surface area is 67.2 Å². The van der Waals surface area contributed by atoms with Crippen LogP contribution in [0, 0.1) is 23.2 Å². The summed E-state index contributed by atoms with van der Waals surface area (Å²) in [6.45, 7) is 1.89. The molecular formula is C9H13NO. The molecule has 0 aromatic heterocycles. The van der Waals surface area contributed by atoms with Crippen LogP contribution in [0.4, 0.5) is 0 Å². The van der Waals surface area contributed by atoms with Crippen LogP contribution in [0.15, 0.2) is 0 Å². The molecule has 0 aromatic rings. The molecule has 0 spiro atoms. The van der Waals surface area contributed by atoms with E-state index >= 15 is 0 Å². The second-order valence-corrected chi connectivity index (χ2v) is 3.20. The van der Waals surface area contributed by atoms with Crippen molar-refractivity contribution >= 4 is 5.78 Å². The molecule has 1 atom stereocenters. The van der Waals surface area contributed by atoms with Crippen molar-refractivity contribution in [1.82, 2.24) is 0 Å². The van der Waals surface area contributed by atoms with Crippen LogP contribution in [0.3, 0.4) is 0 Å². The van der Waals surface area contributed by atoms with Gasteiger partial charge in [0.2, 0.25) is 0 Å². The van der Waals surface area contributed by atoms with E-state index in [2.05, 4.69) is 0 Å². The normalized spacial score (nSPS) is 18.9. The molecule has 1 saturated carbocycles. The number of Topliss-reactive ketones (excluding diaryl/α,β-unsaturated/α-hetero) is 1. The van der Waals surface area contributed by atoms with Crippen LogP contribution >= 0.6 is 0 Å². The van der Waals surface area contributed by atoms with E-state index in [0.717, 1.165) is 0 Å². The van der Waals surface area contributed by atoms with E-state index in [0.29, 0.717) is 18.8 Å². The lowest BCUT2D eigenvalue weighted by molar-refractivity contribution is -0.121. The Morgan fingerprint density at radius 2 is 2.36 bits per heavy atom. The van der Waals surface area contributed by atoms with E-state index in [1.54, 1.807) is 0 Å². The highest BCUT2D eigenvalue weighted by atomic mass is 16.1. The van der Waals surface area contributed by atoms with Gasteiger partial charge in [0.25, 0.3) is 0 Å². The molecule has 0 bridgehead atoms. The minimum atomic E-state index is -0.337. The topological polar surface area (TPSA) is 40.9 Å². The zero-order valence-corrected chi connectivity index (χ0v) is 6.84. The standard InChI is InChI=1S/C9H13NO/c1-2-8(6-10)9(11)5-7-3-4-7/h7-8H,2-5H2,1H3. The number of ketones is 1. The highest BCUT2D eigenvalue weighted by Gasteiger charge is 2.27. The number of rotatable bonds is 4. The molecule has 1 rings (SSSR count). The molecule has 11 heavy (non-hydrogen) atoms. The van der Waals surface area contributed by atoms with Crippen molar-refractivity contribution in [3.63, 3.8) is 0 Å². The number of nitrogens with zero attached hydrogens (tertiary/aromatic N) is 1. The minimum absolute atomic E-state index is 0.150. The number of nitriles is 1. The first-order valence-electron chi connectivity index (χ1n) is 4.20. The zero-order chi connectivity index (χ0) is 8.27. The van der Waals surface area contributed by atoms with Crippen LogP contribution in [0.5, 0.6) is 0 Å². The fraction of sp³-hybridized carbons (Fsp3) is 0.778. The Bertz CT molecular complexity index is 188. The van der Waals surface area contributed by atoms with E-state index in [1.807, 2.05) is 13.0 Å². The van der Waals surface area contributed by atoms with Crippen molar-refractivity contribution in [2.75, 3.05) is 0 Å². The quantitative estimate of drug-likeness (QED) is 0.615. The Morgan fingerprint density at radius 1 is 1.73 bits per heavy atom. The molecule has 0 radical (unpaired) electrons. The van der Waals surface area contributed by atoms with Crippen LogP contribution in [0.2, 0.25) is 0 Å². The van der Waals surface area contributed by atoms with E-state index < -0.39 is 0 Å². The predicted molar refractivity (Wildman–Crippen MR) is 41.7 cm³/mol. The summed E-state index contributed by atoms with van der Waals surface area (Å²) in [5, 5.41) is 8.56. The third-order valence-electron chi connectivity index (χ3n) is 2.14. The molecule has 0 heterocycles. The number of carbonyl (C=O) groups excluding carboxylic acids is 1. The molecule has 0 aromatic carbocycles. The Hall–Kier alpha value is -0.840. The maximum Gasteiger partial charge on any atom is 0.150 e. The van der Waals surface area contributed by atoms with Gasteiger partial charge in [-0.15, -0.1) is 0 Å².